The summed E-state index contributed by atoms with van der Waals surface area (Å²) in [6.45, 7) is -0.288. The molecule has 3 aromatic rings. The summed E-state index contributed by atoms with van der Waals surface area (Å²) in [7, 11) is 0. The quantitative estimate of drug-likeness (QED) is 0.378. The standard InChI is InChI=1S/C18H15ClN6O4/c19-12-5-4-6-13(9-12)22-17-16(25(27)28)18(21-11-20-17)24-23-15(26)10-29-14-7-2-1-3-8-14/h1-9,11H,10H2,(H,23,26)(H2,20,21,22,24). The van der Waals surface area contributed by atoms with Gasteiger partial charge in [0, 0.05) is 10.7 Å². The predicted molar refractivity (Wildman–Crippen MR) is 107 cm³/mol. The number of nitrogens with one attached hydrogen (secondary N) is 3. The molecule has 0 fully saturated rings. The van der Waals surface area contributed by atoms with Crippen molar-refractivity contribution in [2.45, 2.75) is 0 Å². The molecule has 2 aromatic carbocycles. The van der Waals surface area contributed by atoms with Crippen molar-refractivity contribution >= 4 is 40.5 Å². The Morgan fingerprint density at radius 2 is 1.86 bits per heavy atom. The Balaban J connectivity index is 1.68. The molecule has 1 amide bonds. The Kier molecular flexibility index (Phi) is 6.38. The Morgan fingerprint density at radius 1 is 1.10 bits per heavy atom. The van der Waals surface area contributed by atoms with Gasteiger partial charge in [-0.05, 0) is 30.3 Å². The van der Waals surface area contributed by atoms with Crippen molar-refractivity contribution < 1.29 is 14.5 Å². The molecule has 1 aromatic heterocycles. The number of halogens is 1. The molecule has 10 nitrogen and oxygen atoms in total. The summed E-state index contributed by atoms with van der Waals surface area (Å²) in [6, 6.07) is 15.4. The van der Waals surface area contributed by atoms with Crippen LogP contribution >= 0.6 is 11.6 Å². The first-order valence-corrected chi connectivity index (χ1v) is 8.65. The maximum absolute atomic E-state index is 11.9. The second-order valence-corrected chi connectivity index (χ2v) is 6.02. The van der Waals surface area contributed by atoms with Crippen LogP contribution in [0, 0.1) is 10.1 Å². The summed E-state index contributed by atoms with van der Waals surface area (Å²) in [5.74, 6) is -0.290. The van der Waals surface area contributed by atoms with E-state index < -0.39 is 16.5 Å². The molecule has 3 N–H and O–H groups in total. The molecule has 0 bridgehead atoms. The minimum absolute atomic E-state index is 0.0652. The van der Waals surface area contributed by atoms with Crippen molar-refractivity contribution in [2.75, 3.05) is 17.3 Å². The van der Waals surface area contributed by atoms with Gasteiger partial charge in [-0.2, -0.15) is 0 Å². The second kappa shape index (κ2) is 9.33. The summed E-state index contributed by atoms with van der Waals surface area (Å²) in [4.78, 5) is 30.5. The first-order valence-electron chi connectivity index (χ1n) is 8.27. The Morgan fingerprint density at radius 3 is 2.59 bits per heavy atom. The zero-order valence-corrected chi connectivity index (χ0v) is 15.6. The summed E-state index contributed by atoms with van der Waals surface area (Å²) < 4.78 is 5.30. The molecular formula is C18H15ClN6O4. The van der Waals surface area contributed by atoms with Gasteiger partial charge in [0.1, 0.15) is 12.1 Å². The lowest BCUT2D eigenvalue weighted by Gasteiger charge is -2.11. The number of nitrogens with zero attached hydrogens (tertiary/aromatic N) is 3. The van der Waals surface area contributed by atoms with E-state index in [1.54, 1.807) is 48.5 Å². The van der Waals surface area contributed by atoms with E-state index in [-0.39, 0.29) is 18.2 Å². The molecule has 0 saturated heterocycles. The molecule has 11 heteroatoms. The smallest absolute Gasteiger partial charge is 0.355 e. The maximum atomic E-state index is 11.9. The number of benzene rings is 2. The van der Waals surface area contributed by atoms with Gasteiger partial charge < -0.3 is 10.1 Å². The monoisotopic (exact) mass is 414 g/mol. The number of amides is 1. The molecule has 1 heterocycles. The van der Waals surface area contributed by atoms with Crippen LogP contribution in [0.2, 0.25) is 5.02 Å². The molecular weight excluding hydrogens is 400 g/mol. The van der Waals surface area contributed by atoms with Gasteiger partial charge >= 0.3 is 5.69 Å². The molecule has 148 valence electrons. The van der Waals surface area contributed by atoms with Crippen molar-refractivity contribution in [3.05, 3.63) is 76.1 Å². The van der Waals surface area contributed by atoms with E-state index in [1.165, 1.54) is 0 Å². The number of rotatable bonds is 8. The van der Waals surface area contributed by atoms with Gasteiger partial charge in [-0.25, -0.2) is 9.97 Å². The number of hydrazine groups is 1. The topological polar surface area (TPSA) is 131 Å². The molecule has 0 atom stereocenters. The number of aromatic nitrogens is 2. The van der Waals surface area contributed by atoms with Crippen LogP contribution < -0.4 is 20.9 Å². The van der Waals surface area contributed by atoms with Crippen LogP contribution in [0.4, 0.5) is 23.0 Å². The van der Waals surface area contributed by atoms with Gasteiger partial charge in [0.2, 0.25) is 11.6 Å². The van der Waals surface area contributed by atoms with Gasteiger partial charge in [0.25, 0.3) is 5.91 Å². The minimum Gasteiger partial charge on any atom is -0.484 e. The zero-order chi connectivity index (χ0) is 20.6. The average Bonchev–Trinajstić information content (AvgIpc) is 2.71. The summed E-state index contributed by atoms with van der Waals surface area (Å²) in [5, 5.41) is 14.8. The SMILES string of the molecule is O=C(COc1ccccc1)NNc1ncnc(Nc2cccc(Cl)c2)c1[N+](=O)[O-]. The van der Waals surface area contributed by atoms with Crippen LogP contribution in [0.5, 0.6) is 5.75 Å². The summed E-state index contributed by atoms with van der Waals surface area (Å²) >= 11 is 5.92. The first kappa shape index (κ1) is 19.8. The van der Waals surface area contributed by atoms with Crippen LogP contribution in [0.25, 0.3) is 0 Å². The number of nitro groups is 1. The third-order valence-corrected chi connectivity index (χ3v) is 3.76. The van der Waals surface area contributed by atoms with E-state index in [2.05, 4.69) is 26.1 Å². The highest BCUT2D eigenvalue weighted by atomic mass is 35.5. The molecule has 0 unspecified atom stereocenters. The highest BCUT2D eigenvalue weighted by Crippen LogP contribution is 2.31. The predicted octanol–water partition coefficient (Wildman–Crippen LogP) is 3.30. The van der Waals surface area contributed by atoms with Gasteiger partial charge in [0.15, 0.2) is 6.61 Å². The number of ether oxygens (including phenoxy) is 1. The van der Waals surface area contributed by atoms with Crippen molar-refractivity contribution in [1.29, 1.82) is 0 Å². The van der Waals surface area contributed by atoms with Crippen molar-refractivity contribution in [1.82, 2.24) is 15.4 Å². The highest BCUT2D eigenvalue weighted by molar-refractivity contribution is 6.30. The Hall–Kier alpha value is -3.92. The largest absolute Gasteiger partial charge is 0.484 e. The van der Waals surface area contributed by atoms with Crippen molar-refractivity contribution in [3.63, 3.8) is 0 Å². The van der Waals surface area contributed by atoms with Gasteiger partial charge in [0.05, 0.1) is 4.92 Å². The number of carbonyl (C=O) groups is 1. The maximum Gasteiger partial charge on any atom is 0.355 e. The van der Waals surface area contributed by atoms with E-state index >= 15 is 0 Å². The first-order chi connectivity index (χ1) is 14.0. The average molecular weight is 415 g/mol. The lowest BCUT2D eigenvalue weighted by Crippen LogP contribution is -2.34. The minimum atomic E-state index is -0.665. The lowest BCUT2D eigenvalue weighted by atomic mass is 10.3. The van der Waals surface area contributed by atoms with Gasteiger partial charge in [-0.1, -0.05) is 35.9 Å². The third kappa shape index (κ3) is 5.53. The van der Waals surface area contributed by atoms with Crippen molar-refractivity contribution in [2.24, 2.45) is 0 Å². The Labute approximate surface area is 170 Å². The van der Waals surface area contributed by atoms with E-state index in [0.717, 1.165) is 6.33 Å². The second-order valence-electron chi connectivity index (χ2n) is 5.59. The fourth-order valence-corrected chi connectivity index (χ4v) is 2.46. The number of hydrogen-bond acceptors (Lipinski definition) is 8. The highest BCUT2D eigenvalue weighted by Gasteiger charge is 2.23. The molecule has 0 aliphatic carbocycles. The summed E-state index contributed by atoms with van der Waals surface area (Å²) in [6.07, 6.45) is 1.12. The van der Waals surface area contributed by atoms with Crippen LogP contribution in [0.1, 0.15) is 0 Å². The normalized spacial score (nSPS) is 10.1. The van der Waals surface area contributed by atoms with Gasteiger partial charge in [-0.15, -0.1) is 0 Å². The van der Waals surface area contributed by atoms with Crippen LogP contribution in [0.3, 0.4) is 0 Å². The fourth-order valence-electron chi connectivity index (χ4n) is 2.27. The van der Waals surface area contributed by atoms with E-state index in [0.29, 0.717) is 16.5 Å². The molecule has 3 rings (SSSR count). The van der Waals surface area contributed by atoms with Crippen LogP contribution in [-0.2, 0) is 4.79 Å². The number of hydrogen-bond donors (Lipinski definition) is 3. The van der Waals surface area contributed by atoms with Gasteiger partial charge in [-0.3, -0.25) is 25.8 Å². The molecule has 29 heavy (non-hydrogen) atoms. The molecule has 0 spiro atoms. The fraction of sp³-hybridized carbons (Fsp3) is 0.0556. The van der Waals surface area contributed by atoms with Crippen LogP contribution in [-0.4, -0.2) is 27.4 Å². The molecule has 0 saturated carbocycles. The zero-order valence-electron chi connectivity index (χ0n) is 14.8. The molecule has 0 radical (unpaired) electrons. The third-order valence-electron chi connectivity index (χ3n) is 3.53. The van der Waals surface area contributed by atoms with Crippen LogP contribution in [0.15, 0.2) is 60.9 Å². The number of para-hydroxylation sites is 1. The number of anilines is 3. The number of carbonyl (C=O) groups excluding carboxylic acids is 1. The summed E-state index contributed by atoms with van der Waals surface area (Å²) in [5.41, 5.74) is 4.79. The Bertz CT molecular complexity index is 1020. The van der Waals surface area contributed by atoms with Crippen molar-refractivity contribution in [3.8, 4) is 5.75 Å². The molecule has 0 aliphatic heterocycles. The molecule has 0 aliphatic rings. The van der Waals surface area contributed by atoms with E-state index in [4.69, 9.17) is 16.3 Å². The van der Waals surface area contributed by atoms with E-state index in [1.807, 2.05) is 6.07 Å². The van der Waals surface area contributed by atoms with E-state index in [9.17, 15) is 14.9 Å². The lowest BCUT2D eigenvalue weighted by molar-refractivity contribution is -0.383.